The molecule has 1 N–H and O–H groups in total. The first-order valence-electron chi connectivity index (χ1n) is 7.10. The summed E-state index contributed by atoms with van der Waals surface area (Å²) in [7, 11) is 0. The Morgan fingerprint density at radius 3 is 2.30 bits per heavy atom. The number of rotatable bonds is 3. The lowest BCUT2D eigenvalue weighted by molar-refractivity contribution is 0.233. The Morgan fingerprint density at radius 2 is 1.55 bits per heavy atom. The molecule has 0 aliphatic carbocycles. The molecule has 1 fully saturated rings. The van der Waals surface area contributed by atoms with E-state index in [0.717, 1.165) is 43.3 Å². The molecule has 2 nitrogen and oxygen atoms in total. The van der Waals surface area contributed by atoms with Crippen LogP contribution in [0.25, 0.3) is 11.1 Å². The second-order valence-electron chi connectivity index (χ2n) is 5.16. The second kappa shape index (κ2) is 6.40. The van der Waals surface area contributed by atoms with Crippen molar-refractivity contribution < 1.29 is 0 Å². The van der Waals surface area contributed by atoms with Gasteiger partial charge in [-0.25, -0.2) is 0 Å². The van der Waals surface area contributed by atoms with Gasteiger partial charge in [-0.1, -0.05) is 54.1 Å². The monoisotopic (exact) mass is 286 g/mol. The van der Waals surface area contributed by atoms with E-state index in [2.05, 4.69) is 40.5 Å². The molecule has 1 aliphatic rings. The highest BCUT2D eigenvalue weighted by atomic mass is 35.5. The highest BCUT2D eigenvalue weighted by molar-refractivity contribution is 6.33. The van der Waals surface area contributed by atoms with Crippen LogP contribution >= 0.6 is 11.6 Å². The molecule has 0 bridgehead atoms. The van der Waals surface area contributed by atoms with Gasteiger partial charge in [0.25, 0.3) is 0 Å². The van der Waals surface area contributed by atoms with Gasteiger partial charge in [0.05, 0.1) is 0 Å². The van der Waals surface area contributed by atoms with Gasteiger partial charge in [0.2, 0.25) is 0 Å². The molecule has 3 rings (SSSR count). The Balaban J connectivity index is 1.90. The maximum absolute atomic E-state index is 6.35. The van der Waals surface area contributed by atoms with Crippen LogP contribution in [0.4, 0.5) is 0 Å². The molecule has 0 atom stereocenters. The Morgan fingerprint density at radius 1 is 0.900 bits per heavy atom. The summed E-state index contributed by atoms with van der Waals surface area (Å²) in [6.45, 7) is 5.36. The van der Waals surface area contributed by atoms with Gasteiger partial charge in [-0.05, 0) is 17.2 Å². The molecule has 1 saturated heterocycles. The first-order valence-corrected chi connectivity index (χ1v) is 7.48. The molecule has 1 heterocycles. The van der Waals surface area contributed by atoms with Crippen molar-refractivity contribution in [2.24, 2.45) is 0 Å². The number of halogens is 1. The van der Waals surface area contributed by atoms with Crippen LogP contribution < -0.4 is 5.32 Å². The second-order valence-corrected chi connectivity index (χ2v) is 5.57. The van der Waals surface area contributed by atoms with Crippen molar-refractivity contribution >= 4 is 11.6 Å². The van der Waals surface area contributed by atoms with Crippen LogP contribution in [0.3, 0.4) is 0 Å². The third kappa shape index (κ3) is 3.04. The lowest BCUT2D eigenvalue weighted by atomic mass is 9.99. The minimum Gasteiger partial charge on any atom is -0.314 e. The van der Waals surface area contributed by atoms with Gasteiger partial charge in [-0.15, -0.1) is 0 Å². The Hall–Kier alpha value is -1.35. The third-order valence-corrected chi connectivity index (χ3v) is 4.11. The Kier molecular flexibility index (Phi) is 4.36. The lowest BCUT2D eigenvalue weighted by Crippen LogP contribution is -2.42. The van der Waals surface area contributed by atoms with E-state index in [4.69, 9.17) is 11.6 Å². The molecule has 20 heavy (non-hydrogen) atoms. The predicted octanol–water partition coefficient (Wildman–Crippen LogP) is 3.41. The molecular weight excluding hydrogens is 268 g/mol. The molecule has 2 aromatic carbocycles. The number of hydrogen-bond donors (Lipinski definition) is 1. The summed E-state index contributed by atoms with van der Waals surface area (Å²) in [5.41, 5.74) is 3.72. The van der Waals surface area contributed by atoms with E-state index in [-0.39, 0.29) is 0 Å². The number of piperazine rings is 1. The lowest BCUT2D eigenvalue weighted by Gasteiger charge is -2.28. The molecule has 3 heteroatoms. The molecule has 0 saturated carbocycles. The molecule has 0 amide bonds. The van der Waals surface area contributed by atoms with Crippen molar-refractivity contribution in [2.45, 2.75) is 6.54 Å². The molecular formula is C17H19ClN2. The Labute approximate surface area is 125 Å². The number of hydrogen-bond acceptors (Lipinski definition) is 2. The summed E-state index contributed by atoms with van der Waals surface area (Å²) in [5.74, 6) is 0. The molecule has 2 aromatic rings. The van der Waals surface area contributed by atoms with Crippen LogP contribution in [0, 0.1) is 0 Å². The highest BCUT2D eigenvalue weighted by Gasteiger charge is 2.13. The summed E-state index contributed by atoms with van der Waals surface area (Å²) in [6.07, 6.45) is 0. The zero-order valence-corrected chi connectivity index (χ0v) is 12.2. The van der Waals surface area contributed by atoms with E-state index in [9.17, 15) is 0 Å². The number of benzene rings is 2. The van der Waals surface area contributed by atoms with E-state index in [1.165, 1.54) is 11.1 Å². The van der Waals surface area contributed by atoms with Gasteiger partial charge in [-0.2, -0.15) is 0 Å². The maximum atomic E-state index is 6.35. The van der Waals surface area contributed by atoms with Gasteiger partial charge in [0.1, 0.15) is 0 Å². The van der Waals surface area contributed by atoms with Crippen LogP contribution in [0.5, 0.6) is 0 Å². The van der Waals surface area contributed by atoms with Crippen molar-refractivity contribution in [3.63, 3.8) is 0 Å². The predicted molar refractivity (Wildman–Crippen MR) is 85.0 cm³/mol. The summed E-state index contributed by atoms with van der Waals surface area (Å²) in [4.78, 5) is 2.49. The van der Waals surface area contributed by atoms with Gasteiger partial charge in [-0.3, -0.25) is 4.90 Å². The Bertz CT molecular complexity index is 577. The summed E-state index contributed by atoms with van der Waals surface area (Å²) in [5, 5.41) is 4.21. The summed E-state index contributed by atoms with van der Waals surface area (Å²) >= 11 is 6.35. The topological polar surface area (TPSA) is 15.3 Å². The average Bonchev–Trinajstić information content (AvgIpc) is 2.50. The quantitative estimate of drug-likeness (QED) is 0.930. The summed E-state index contributed by atoms with van der Waals surface area (Å²) in [6, 6.07) is 16.6. The maximum Gasteiger partial charge on any atom is 0.0484 e. The van der Waals surface area contributed by atoms with Crippen LogP contribution in [0.15, 0.2) is 48.5 Å². The molecule has 0 unspecified atom stereocenters. The number of nitrogens with one attached hydrogen (secondary N) is 1. The largest absolute Gasteiger partial charge is 0.314 e. The zero-order chi connectivity index (χ0) is 13.8. The van der Waals surface area contributed by atoms with E-state index >= 15 is 0 Å². The molecule has 0 radical (unpaired) electrons. The minimum absolute atomic E-state index is 0.820. The molecule has 1 aliphatic heterocycles. The van der Waals surface area contributed by atoms with E-state index in [0.29, 0.717) is 0 Å². The standard InChI is InChI=1S/C17H19ClN2/c18-17-8-4-3-7-16(17)15-6-2-1-5-14(15)13-20-11-9-19-10-12-20/h1-8,19H,9-13H2. The van der Waals surface area contributed by atoms with Crippen LogP contribution in [-0.2, 0) is 6.54 Å². The smallest absolute Gasteiger partial charge is 0.0484 e. The van der Waals surface area contributed by atoms with Gasteiger partial charge < -0.3 is 5.32 Å². The highest BCUT2D eigenvalue weighted by Crippen LogP contribution is 2.30. The van der Waals surface area contributed by atoms with Gasteiger partial charge >= 0.3 is 0 Å². The SMILES string of the molecule is Clc1ccccc1-c1ccccc1CN1CCNCC1. The molecule has 104 valence electrons. The normalized spacial score (nSPS) is 16.2. The first kappa shape index (κ1) is 13.6. The van der Waals surface area contributed by atoms with Crippen LogP contribution in [0.1, 0.15) is 5.56 Å². The third-order valence-electron chi connectivity index (χ3n) is 3.78. The number of nitrogens with zero attached hydrogens (tertiary/aromatic N) is 1. The average molecular weight is 287 g/mol. The molecule has 0 aromatic heterocycles. The van der Waals surface area contributed by atoms with E-state index in [1.54, 1.807) is 0 Å². The van der Waals surface area contributed by atoms with Crippen molar-refractivity contribution in [2.75, 3.05) is 26.2 Å². The van der Waals surface area contributed by atoms with E-state index in [1.807, 2.05) is 18.2 Å². The summed E-state index contributed by atoms with van der Waals surface area (Å²) < 4.78 is 0. The van der Waals surface area contributed by atoms with Crippen molar-refractivity contribution in [3.8, 4) is 11.1 Å². The van der Waals surface area contributed by atoms with Crippen molar-refractivity contribution in [1.29, 1.82) is 0 Å². The van der Waals surface area contributed by atoms with Gasteiger partial charge in [0.15, 0.2) is 0 Å². The van der Waals surface area contributed by atoms with Crippen molar-refractivity contribution in [3.05, 3.63) is 59.1 Å². The molecule has 0 spiro atoms. The fourth-order valence-electron chi connectivity index (χ4n) is 2.71. The minimum atomic E-state index is 0.820. The van der Waals surface area contributed by atoms with E-state index < -0.39 is 0 Å². The van der Waals surface area contributed by atoms with Crippen LogP contribution in [-0.4, -0.2) is 31.1 Å². The van der Waals surface area contributed by atoms with Crippen molar-refractivity contribution in [1.82, 2.24) is 10.2 Å². The first-order chi connectivity index (χ1) is 9.84. The van der Waals surface area contributed by atoms with Gasteiger partial charge in [0, 0.05) is 43.3 Å². The van der Waals surface area contributed by atoms with Crippen LogP contribution in [0.2, 0.25) is 5.02 Å². The fraction of sp³-hybridized carbons (Fsp3) is 0.294. The fourth-order valence-corrected chi connectivity index (χ4v) is 2.95. The zero-order valence-electron chi connectivity index (χ0n) is 11.5.